The Kier molecular flexibility index (Phi) is 17.2. The number of rotatable bonds is 0. The molecule has 0 spiro atoms. The summed E-state index contributed by atoms with van der Waals surface area (Å²) in [6.07, 6.45) is 0. The number of aryl methyl sites for hydroxylation is 4. The van der Waals surface area contributed by atoms with Crippen LogP contribution < -0.4 is 24.8 Å². The van der Waals surface area contributed by atoms with Crippen LogP contribution in [0.2, 0.25) is 0 Å². The molecule has 0 amide bonds. The van der Waals surface area contributed by atoms with Crippen molar-refractivity contribution in [2.45, 2.75) is 41.5 Å². The van der Waals surface area contributed by atoms with E-state index in [1.165, 1.54) is 26.1 Å². The smallest absolute Gasteiger partial charge is 0.0635 e. The van der Waals surface area contributed by atoms with Crippen molar-refractivity contribution in [3.8, 4) is 0 Å². The van der Waals surface area contributed by atoms with Gasteiger partial charge in [0.2, 0.25) is 0 Å². The summed E-state index contributed by atoms with van der Waals surface area (Å²) in [7, 11) is 0. The van der Waals surface area contributed by atoms with Gasteiger partial charge in [0.25, 0.3) is 0 Å². The molecule has 0 unspecified atom stereocenters. The summed E-state index contributed by atoms with van der Waals surface area (Å²) in [6, 6.07) is 12.7. The average molecular weight is 347 g/mol. The van der Waals surface area contributed by atoms with Gasteiger partial charge in [0.05, 0.1) is 0 Å². The maximum absolute atomic E-state index is 2.17. The molecule has 0 aliphatic rings. The van der Waals surface area contributed by atoms with E-state index in [0.29, 0.717) is 0 Å². The van der Waals surface area contributed by atoms with Gasteiger partial charge in [-0.2, -0.15) is 46.5 Å². The summed E-state index contributed by atoms with van der Waals surface area (Å²) in [5.41, 5.74) is 5.50. The standard InChI is InChI=1S/2C7H9.C3H6.2ClH.Ti/c1-6-3-4-7(2)5-6;1-6-4-3-5-7(6)2;1-3-2;;;/h2*3-5H,1-2H3;1-2H3;2*1H;/q2*-1;;;;+2/p-2. The monoisotopic (exact) mass is 346 g/mol. The Morgan fingerprint density at radius 3 is 1.25 bits per heavy atom. The third-order valence-electron chi connectivity index (χ3n) is 2.38. The Hall–Kier alpha value is -0.136. The maximum atomic E-state index is 2.17. The predicted octanol–water partition coefficient (Wildman–Crippen LogP) is -1.20. The van der Waals surface area contributed by atoms with Gasteiger partial charge in [-0.1, -0.05) is 27.7 Å². The first-order chi connectivity index (χ1) is 8.32. The minimum atomic E-state index is 0. The minimum absolute atomic E-state index is 0. The van der Waals surface area contributed by atoms with Crippen molar-refractivity contribution in [2.24, 2.45) is 0 Å². The van der Waals surface area contributed by atoms with E-state index in [1.807, 2.05) is 0 Å². The summed E-state index contributed by atoms with van der Waals surface area (Å²) in [5, 5.41) is 0. The molecule has 3 heteroatoms. The zero-order valence-electron chi connectivity index (χ0n) is 13.2. The van der Waals surface area contributed by atoms with Gasteiger partial charge in [-0.25, -0.2) is 12.1 Å². The quantitative estimate of drug-likeness (QED) is 0.415. The van der Waals surface area contributed by atoms with Gasteiger partial charge in [0.15, 0.2) is 0 Å². The molecular weight excluding hydrogens is 323 g/mol. The Morgan fingerprint density at radius 2 is 1.15 bits per heavy atom. The molecule has 0 aromatic heterocycles. The van der Waals surface area contributed by atoms with Gasteiger partial charge in [-0.15, -0.1) is 0 Å². The molecule has 20 heavy (non-hydrogen) atoms. The van der Waals surface area contributed by atoms with E-state index in [1.54, 1.807) is 0 Å². The first kappa shape index (κ1) is 24.9. The van der Waals surface area contributed by atoms with Gasteiger partial charge in [-0.05, 0) is 0 Å². The Labute approximate surface area is 148 Å². The second-order valence-electron chi connectivity index (χ2n) is 4.86. The third-order valence-corrected chi connectivity index (χ3v) is 2.38. The van der Waals surface area contributed by atoms with Crippen molar-refractivity contribution in [1.82, 2.24) is 0 Å². The molecule has 112 valence electrons. The average Bonchev–Trinajstić information content (AvgIpc) is 2.77. The fourth-order valence-corrected chi connectivity index (χ4v) is 1.32. The molecule has 0 radical (unpaired) electrons. The van der Waals surface area contributed by atoms with Crippen molar-refractivity contribution in [2.75, 3.05) is 0 Å². The van der Waals surface area contributed by atoms with E-state index >= 15 is 0 Å². The fourth-order valence-electron chi connectivity index (χ4n) is 1.32. The van der Waals surface area contributed by atoms with Crippen molar-refractivity contribution in [3.05, 3.63) is 58.7 Å². The van der Waals surface area contributed by atoms with Crippen LogP contribution >= 0.6 is 0 Å². The molecule has 2 aromatic carbocycles. The van der Waals surface area contributed by atoms with Crippen LogP contribution in [0.3, 0.4) is 0 Å². The zero-order chi connectivity index (χ0) is 14.1. The van der Waals surface area contributed by atoms with Gasteiger partial charge < -0.3 is 24.8 Å². The first-order valence-electron chi connectivity index (χ1n) is 6.23. The zero-order valence-corrected chi connectivity index (χ0v) is 16.3. The topological polar surface area (TPSA) is 0 Å². The number of hydrogen-bond acceptors (Lipinski definition) is 0. The van der Waals surface area contributed by atoms with Crippen molar-refractivity contribution in [1.29, 1.82) is 0 Å². The Balaban J connectivity index is -0.000000215. The molecule has 0 nitrogen and oxygen atoms in total. The van der Waals surface area contributed by atoms with Crippen molar-refractivity contribution >= 4 is 3.81 Å². The summed E-state index contributed by atoms with van der Waals surface area (Å²) in [4.78, 5) is 0. The van der Waals surface area contributed by atoms with E-state index in [0.717, 1.165) is 0 Å². The first-order valence-corrected chi connectivity index (χ1v) is 7.01. The minimum Gasteiger partial charge on any atom is -1.00 e. The van der Waals surface area contributed by atoms with Gasteiger partial charge in [0.1, 0.15) is 0 Å². The van der Waals surface area contributed by atoms with Crippen LogP contribution in [0.4, 0.5) is 0 Å². The van der Waals surface area contributed by atoms with E-state index in [2.05, 4.69) is 97.9 Å². The predicted molar refractivity (Wildman–Crippen MR) is 79.4 cm³/mol. The number of hydrogen-bond donors (Lipinski definition) is 0. The normalized spacial score (nSPS) is 8.00. The van der Waals surface area contributed by atoms with Crippen LogP contribution in [0.1, 0.15) is 36.1 Å². The van der Waals surface area contributed by atoms with Crippen molar-refractivity contribution in [3.63, 3.8) is 0 Å². The van der Waals surface area contributed by atoms with E-state index in [9.17, 15) is 0 Å². The molecule has 2 aromatic rings. The Bertz CT molecular complexity index is 430. The largest absolute Gasteiger partial charge is 1.00 e. The van der Waals surface area contributed by atoms with E-state index in [4.69, 9.17) is 0 Å². The van der Waals surface area contributed by atoms with E-state index in [-0.39, 0.29) is 24.8 Å². The van der Waals surface area contributed by atoms with E-state index < -0.39 is 0 Å². The molecule has 0 aliphatic carbocycles. The third kappa shape index (κ3) is 14.3. The van der Waals surface area contributed by atoms with Gasteiger partial charge in [-0.3, -0.25) is 0 Å². The molecule has 2 rings (SSSR count). The molecule has 0 aliphatic heterocycles. The van der Waals surface area contributed by atoms with Crippen LogP contribution in [-0.2, 0) is 20.0 Å². The van der Waals surface area contributed by atoms with Gasteiger partial charge in [0, 0.05) is 0 Å². The summed E-state index contributed by atoms with van der Waals surface area (Å²) < 4.78 is 1.42. The molecule has 0 atom stereocenters. The van der Waals surface area contributed by atoms with Gasteiger partial charge >= 0.3 is 37.6 Å². The van der Waals surface area contributed by atoms with Crippen LogP contribution in [0.5, 0.6) is 0 Å². The van der Waals surface area contributed by atoms with Crippen molar-refractivity contribution < 1.29 is 44.8 Å². The Morgan fingerprint density at radius 1 is 0.850 bits per heavy atom. The maximum Gasteiger partial charge on any atom is -0.0635 e. The van der Waals surface area contributed by atoms with Crippen LogP contribution in [0.15, 0.2) is 36.4 Å². The summed E-state index contributed by atoms with van der Waals surface area (Å²) >= 11 is 2.08. The molecule has 0 saturated carbocycles. The summed E-state index contributed by atoms with van der Waals surface area (Å²) in [5.74, 6) is 0. The molecule has 0 heterocycles. The molecule has 0 fully saturated rings. The number of halogens is 2. The molecule has 0 bridgehead atoms. The second kappa shape index (κ2) is 13.8. The van der Waals surface area contributed by atoms with Crippen LogP contribution in [-0.4, -0.2) is 3.81 Å². The molecule has 0 N–H and O–H groups in total. The summed E-state index contributed by atoms with van der Waals surface area (Å²) in [6.45, 7) is 12.6. The molecule has 0 saturated heterocycles. The van der Waals surface area contributed by atoms with Crippen LogP contribution in [0, 0.1) is 27.7 Å². The van der Waals surface area contributed by atoms with Crippen LogP contribution in [0.25, 0.3) is 0 Å². The fraction of sp³-hybridized carbons (Fsp3) is 0.353. The SMILES string of the molecule is C[C](C)=[Ti+2].Cc1c[cH-]cc1C.Cc1ccc(C)[cH-]1.[Cl-].[Cl-]. The molecular formula is C17H24Cl2Ti-2. The second-order valence-corrected chi connectivity index (χ2v) is 6.42.